The lowest BCUT2D eigenvalue weighted by Gasteiger charge is -2.34. The summed E-state index contributed by atoms with van der Waals surface area (Å²) in [5.74, 6) is 0.241. The molecule has 0 aliphatic carbocycles. The number of hydrogen-bond donors (Lipinski definition) is 2. The lowest BCUT2D eigenvalue weighted by Crippen LogP contribution is -2.25. The van der Waals surface area contributed by atoms with Crippen molar-refractivity contribution in [3.05, 3.63) is 95.1 Å². The minimum atomic E-state index is -0.836. The Kier molecular flexibility index (Phi) is 4.55. The van der Waals surface area contributed by atoms with Gasteiger partial charge < -0.3 is 14.9 Å². The fraction of sp³-hybridized carbons (Fsp3) is 0.174. The van der Waals surface area contributed by atoms with E-state index in [2.05, 4.69) is 12.1 Å². The highest BCUT2D eigenvalue weighted by molar-refractivity contribution is 5.70. The molecule has 0 spiro atoms. The van der Waals surface area contributed by atoms with Crippen LogP contribution in [0.2, 0.25) is 0 Å². The van der Waals surface area contributed by atoms with Gasteiger partial charge in [0.1, 0.15) is 11.5 Å². The maximum Gasteiger partial charge on any atom is 0.307 e. The molecule has 4 rings (SSSR count). The number of aromatic hydroxyl groups is 1. The Hall–Kier alpha value is -3.27. The number of fused-ring (bicyclic) bond motifs is 1. The molecule has 0 fully saturated rings. The largest absolute Gasteiger partial charge is 0.508 e. The Morgan fingerprint density at radius 2 is 1.70 bits per heavy atom. The van der Waals surface area contributed by atoms with E-state index >= 15 is 0 Å². The molecule has 1 aliphatic rings. The SMILES string of the molecule is O=C(O)Cc1ccc(C2c3ccc(O)cc3OC[C@@H]2c2ccccc2)cc1. The van der Waals surface area contributed by atoms with Gasteiger partial charge in [0.05, 0.1) is 13.0 Å². The summed E-state index contributed by atoms with van der Waals surface area (Å²) in [7, 11) is 0. The Morgan fingerprint density at radius 1 is 0.963 bits per heavy atom. The van der Waals surface area contributed by atoms with Gasteiger partial charge in [-0.15, -0.1) is 0 Å². The molecule has 27 heavy (non-hydrogen) atoms. The van der Waals surface area contributed by atoms with E-state index in [0.29, 0.717) is 12.4 Å². The predicted octanol–water partition coefficient (Wildman–Crippen LogP) is 4.33. The van der Waals surface area contributed by atoms with Crippen molar-refractivity contribution in [3.63, 3.8) is 0 Å². The van der Waals surface area contributed by atoms with Gasteiger partial charge in [0.2, 0.25) is 0 Å². The van der Waals surface area contributed by atoms with E-state index in [9.17, 15) is 9.90 Å². The second-order valence-electron chi connectivity index (χ2n) is 6.84. The van der Waals surface area contributed by atoms with Crippen molar-refractivity contribution in [2.45, 2.75) is 18.3 Å². The molecule has 4 nitrogen and oxygen atoms in total. The van der Waals surface area contributed by atoms with E-state index in [1.54, 1.807) is 12.1 Å². The van der Waals surface area contributed by atoms with Crippen molar-refractivity contribution in [2.75, 3.05) is 6.61 Å². The lowest BCUT2D eigenvalue weighted by atomic mass is 9.75. The second-order valence-corrected chi connectivity index (χ2v) is 6.84. The van der Waals surface area contributed by atoms with Crippen LogP contribution >= 0.6 is 0 Å². The summed E-state index contributed by atoms with van der Waals surface area (Å²) in [5, 5.41) is 18.8. The van der Waals surface area contributed by atoms with Gasteiger partial charge in [0, 0.05) is 23.5 Å². The normalized spacial score (nSPS) is 18.4. The fourth-order valence-electron chi connectivity index (χ4n) is 3.82. The number of benzene rings is 3. The summed E-state index contributed by atoms with van der Waals surface area (Å²) in [6, 6.07) is 23.2. The van der Waals surface area contributed by atoms with Gasteiger partial charge in [-0.25, -0.2) is 0 Å². The van der Waals surface area contributed by atoms with Crippen molar-refractivity contribution in [1.29, 1.82) is 0 Å². The number of carboxylic acid groups (broad SMARTS) is 1. The Labute approximate surface area is 157 Å². The smallest absolute Gasteiger partial charge is 0.307 e. The van der Waals surface area contributed by atoms with E-state index in [4.69, 9.17) is 9.84 Å². The summed E-state index contributed by atoms with van der Waals surface area (Å²) >= 11 is 0. The van der Waals surface area contributed by atoms with Crippen LogP contribution in [0.3, 0.4) is 0 Å². The minimum Gasteiger partial charge on any atom is -0.508 e. The highest BCUT2D eigenvalue weighted by Gasteiger charge is 2.33. The minimum absolute atomic E-state index is 0.0145. The molecule has 0 radical (unpaired) electrons. The van der Waals surface area contributed by atoms with Crippen molar-refractivity contribution < 1.29 is 19.7 Å². The molecule has 1 unspecified atom stereocenters. The maximum absolute atomic E-state index is 10.9. The third kappa shape index (κ3) is 3.51. The zero-order chi connectivity index (χ0) is 18.8. The molecular weight excluding hydrogens is 340 g/mol. The highest BCUT2D eigenvalue weighted by Crippen LogP contribution is 2.46. The first-order valence-electron chi connectivity index (χ1n) is 8.93. The monoisotopic (exact) mass is 360 g/mol. The molecule has 0 saturated carbocycles. The van der Waals surface area contributed by atoms with E-state index < -0.39 is 5.97 Å². The third-order valence-corrected chi connectivity index (χ3v) is 5.07. The molecule has 0 bridgehead atoms. The molecule has 2 atom stereocenters. The quantitative estimate of drug-likeness (QED) is 0.727. The first kappa shape index (κ1) is 17.2. The fourth-order valence-corrected chi connectivity index (χ4v) is 3.82. The molecule has 4 heteroatoms. The summed E-state index contributed by atoms with van der Waals surface area (Å²) < 4.78 is 5.96. The van der Waals surface area contributed by atoms with E-state index in [-0.39, 0.29) is 24.0 Å². The molecule has 1 aliphatic heterocycles. The zero-order valence-electron chi connectivity index (χ0n) is 14.7. The average molecular weight is 360 g/mol. The van der Waals surface area contributed by atoms with Crippen molar-refractivity contribution in [3.8, 4) is 11.5 Å². The van der Waals surface area contributed by atoms with Crippen LogP contribution in [0, 0.1) is 0 Å². The van der Waals surface area contributed by atoms with Crippen LogP contribution in [0.4, 0.5) is 0 Å². The molecule has 3 aromatic rings. The third-order valence-electron chi connectivity index (χ3n) is 5.07. The zero-order valence-corrected chi connectivity index (χ0v) is 14.7. The Morgan fingerprint density at radius 3 is 2.41 bits per heavy atom. The van der Waals surface area contributed by atoms with Crippen molar-refractivity contribution in [2.24, 2.45) is 0 Å². The molecular formula is C23H20O4. The van der Waals surface area contributed by atoms with Gasteiger partial charge in [-0.3, -0.25) is 4.79 Å². The number of rotatable bonds is 4. The maximum atomic E-state index is 10.9. The van der Waals surface area contributed by atoms with Gasteiger partial charge in [-0.1, -0.05) is 60.7 Å². The molecule has 0 saturated heterocycles. The van der Waals surface area contributed by atoms with Crippen molar-refractivity contribution in [1.82, 2.24) is 0 Å². The molecule has 3 aromatic carbocycles. The number of phenols is 1. The number of phenolic OH excluding ortho intramolecular Hbond substituents is 1. The molecule has 0 amide bonds. The van der Waals surface area contributed by atoms with Crippen LogP contribution in [-0.2, 0) is 11.2 Å². The summed E-state index contributed by atoms with van der Waals surface area (Å²) in [5.41, 5.74) is 4.10. The van der Waals surface area contributed by atoms with E-state index in [1.165, 1.54) is 5.56 Å². The highest BCUT2D eigenvalue weighted by atomic mass is 16.5. The summed E-state index contributed by atoms with van der Waals surface area (Å²) in [4.78, 5) is 10.9. The van der Waals surface area contributed by atoms with Gasteiger partial charge in [-0.2, -0.15) is 0 Å². The molecule has 2 N–H and O–H groups in total. The first-order chi connectivity index (χ1) is 13.1. The summed E-state index contributed by atoms with van der Waals surface area (Å²) in [6.45, 7) is 0.516. The van der Waals surface area contributed by atoms with E-state index in [0.717, 1.165) is 16.7 Å². The Balaban J connectivity index is 1.78. The number of carbonyl (C=O) groups is 1. The van der Waals surface area contributed by atoms with Crippen molar-refractivity contribution >= 4 is 5.97 Å². The van der Waals surface area contributed by atoms with Crippen LogP contribution in [0.15, 0.2) is 72.8 Å². The van der Waals surface area contributed by atoms with Crippen LogP contribution in [-0.4, -0.2) is 22.8 Å². The van der Waals surface area contributed by atoms with Crippen LogP contribution in [0.25, 0.3) is 0 Å². The van der Waals surface area contributed by atoms with Gasteiger partial charge in [0.15, 0.2) is 0 Å². The van der Waals surface area contributed by atoms with Gasteiger partial charge in [0.25, 0.3) is 0 Å². The van der Waals surface area contributed by atoms with Crippen LogP contribution < -0.4 is 4.74 Å². The Bertz CT molecular complexity index is 948. The van der Waals surface area contributed by atoms with E-state index in [1.807, 2.05) is 48.5 Å². The van der Waals surface area contributed by atoms with Crippen LogP contribution in [0.5, 0.6) is 11.5 Å². The standard InChI is InChI=1S/C23H20O4/c24-18-10-11-19-21(13-18)27-14-20(16-4-2-1-3-5-16)23(19)17-8-6-15(7-9-17)12-22(25)26/h1-11,13,20,23-24H,12,14H2,(H,25,26)/t20-,23?/m1/s1. The molecule has 136 valence electrons. The average Bonchev–Trinajstić information content (AvgIpc) is 2.68. The summed E-state index contributed by atoms with van der Waals surface area (Å²) in [6.07, 6.45) is 0.0145. The van der Waals surface area contributed by atoms with Gasteiger partial charge in [-0.05, 0) is 22.8 Å². The topological polar surface area (TPSA) is 66.8 Å². The number of ether oxygens (including phenoxy) is 1. The molecule has 0 aromatic heterocycles. The van der Waals surface area contributed by atoms with Crippen LogP contribution in [0.1, 0.15) is 34.1 Å². The lowest BCUT2D eigenvalue weighted by molar-refractivity contribution is -0.136. The predicted molar refractivity (Wildman–Crippen MR) is 102 cm³/mol. The second kappa shape index (κ2) is 7.16. The number of aliphatic carboxylic acids is 1. The first-order valence-corrected chi connectivity index (χ1v) is 8.93. The number of carboxylic acids is 1. The van der Waals surface area contributed by atoms with Gasteiger partial charge >= 0.3 is 5.97 Å². The molecule has 1 heterocycles. The number of hydrogen-bond acceptors (Lipinski definition) is 3.